The molecule has 5 rings (SSSR count). The maximum absolute atomic E-state index is 13.8. The van der Waals surface area contributed by atoms with Gasteiger partial charge in [-0.15, -0.1) is 0 Å². The predicted molar refractivity (Wildman–Crippen MR) is 165 cm³/mol. The van der Waals surface area contributed by atoms with E-state index in [0.717, 1.165) is 50.0 Å². The van der Waals surface area contributed by atoms with Crippen LogP contribution in [-0.4, -0.2) is 73.9 Å². The minimum absolute atomic E-state index is 0.0149. The molecule has 0 radical (unpaired) electrons. The van der Waals surface area contributed by atoms with Crippen LogP contribution in [-0.2, 0) is 4.79 Å². The molecule has 3 aromatic rings. The second kappa shape index (κ2) is 13.6. The number of likely N-dealkylation sites (tertiary alicyclic amines) is 1. The number of carbonyl (C=O) groups is 3. The Kier molecular flexibility index (Phi) is 9.41. The van der Waals surface area contributed by atoms with E-state index in [-0.39, 0.29) is 23.6 Å². The molecule has 3 amide bonds. The van der Waals surface area contributed by atoms with Crippen LogP contribution in [0.2, 0.25) is 0 Å². The second-order valence-electron chi connectivity index (χ2n) is 11.0. The third-order valence-corrected chi connectivity index (χ3v) is 8.32. The van der Waals surface area contributed by atoms with Gasteiger partial charge in [-0.2, -0.15) is 0 Å². The lowest BCUT2D eigenvalue weighted by Crippen LogP contribution is -2.50. The zero-order valence-electron chi connectivity index (χ0n) is 24.6. The predicted octanol–water partition coefficient (Wildman–Crippen LogP) is 5.42. The first-order chi connectivity index (χ1) is 20.5. The molecule has 2 heterocycles. The Morgan fingerprint density at radius 3 is 2.14 bits per heavy atom. The Morgan fingerprint density at radius 1 is 0.810 bits per heavy atom. The summed E-state index contributed by atoms with van der Waals surface area (Å²) in [6.07, 6.45) is 3.87. The van der Waals surface area contributed by atoms with Gasteiger partial charge in [0.1, 0.15) is 5.75 Å². The van der Waals surface area contributed by atoms with Crippen LogP contribution in [0.25, 0.3) is 0 Å². The standard InChI is InChI=1S/C34H40N4O4/c1-3-29(25-10-6-4-7-11-25)33(40)38-22-20-36(21-23-38)31-17-14-27(24-30(31)34(41)37-18-8-5-9-19-37)35-32(39)26-12-15-28(42-2)16-13-26/h4,6-7,10-17,24,29H,3,5,8-9,18-23H2,1-2H3,(H,35,39)/t29-/m0/s1. The summed E-state index contributed by atoms with van der Waals surface area (Å²) in [4.78, 5) is 46.3. The zero-order valence-corrected chi connectivity index (χ0v) is 24.6. The molecule has 0 saturated carbocycles. The van der Waals surface area contributed by atoms with E-state index in [2.05, 4.69) is 17.1 Å². The highest BCUT2D eigenvalue weighted by molar-refractivity contribution is 6.06. The molecule has 8 nitrogen and oxygen atoms in total. The molecule has 1 atom stereocenters. The number of nitrogens with zero attached hydrogens (tertiary/aromatic N) is 3. The summed E-state index contributed by atoms with van der Waals surface area (Å²) in [5.74, 6) is 0.418. The topological polar surface area (TPSA) is 82.2 Å². The highest BCUT2D eigenvalue weighted by atomic mass is 16.5. The van der Waals surface area contributed by atoms with Crippen LogP contribution in [0.5, 0.6) is 5.75 Å². The number of carbonyl (C=O) groups excluding carboxylic acids is 3. The van der Waals surface area contributed by atoms with Crippen molar-refractivity contribution >= 4 is 29.1 Å². The molecule has 2 fully saturated rings. The van der Waals surface area contributed by atoms with Gasteiger partial charge >= 0.3 is 0 Å². The number of ether oxygens (including phenoxy) is 1. The number of methoxy groups -OCH3 is 1. The SMILES string of the molecule is CC[C@H](C(=O)N1CCN(c2ccc(NC(=O)c3ccc(OC)cc3)cc2C(=O)N2CCCCC2)CC1)c1ccccc1. The summed E-state index contributed by atoms with van der Waals surface area (Å²) in [5, 5.41) is 2.96. The Bertz CT molecular complexity index is 1380. The fourth-order valence-electron chi connectivity index (χ4n) is 5.90. The first kappa shape index (κ1) is 29.2. The summed E-state index contributed by atoms with van der Waals surface area (Å²) in [7, 11) is 1.59. The number of piperazine rings is 1. The Labute approximate surface area is 248 Å². The number of hydrogen-bond donors (Lipinski definition) is 1. The summed E-state index contributed by atoms with van der Waals surface area (Å²) in [6, 6.07) is 22.5. The molecule has 2 saturated heterocycles. The van der Waals surface area contributed by atoms with Crippen molar-refractivity contribution in [3.63, 3.8) is 0 Å². The summed E-state index contributed by atoms with van der Waals surface area (Å²) < 4.78 is 5.19. The van der Waals surface area contributed by atoms with Gasteiger partial charge in [-0.3, -0.25) is 14.4 Å². The van der Waals surface area contributed by atoms with Crippen molar-refractivity contribution in [1.29, 1.82) is 0 Å². The zero-order chi connectivity index (χ0) is 29.5. The Hall–Kier alpha value is -4.33. The molecule has 42 heavy (non-hydrogen) atoms. The summed E-state index contributed by atoms with van der Waals surface area (Å²) >= 11 is 0. The average Bonchev–Trinajstić information content (AvgIpc) is 3.05. The van der Waals surface area contributed by atoms with Gasteiger partial charge in [0.05, 0.1) is 18.6 Å². The average molecular weight is 569 g/mol. The van der Waals surface area contributed by atoms with Crippen molar-refractivity contribution in [2.45, 2.75) is 38.5 Å². The number of nitrogens with one attached hydrogen (secondary N) is 1. The fourth-order valence-corrected chi connectivity index (χ4v) is 5.90. The smallest absolute Gasteiger partial charge is 0.256 e. The molecule has 0 spiro atoms. The van der Waals surface area contributed by atoms with Crippen molar-refractivity contribution < 1.29 is 19.1 Å². The third kappa shape index (κ3) is 6.59. The van der Waals surface area contributed by atoms with E-state index in [1.165, 1.54) is 0 Å². The number of benzene rings is 3. The van der Waals surface area contributed by atoms with E-state index in [0.29, 0.717) is 48.7 Å². The first-order valence-corrected chi connectivity index (χ1v) is 15.0. The minimum atomic E-state index is -0.252. The molecule has 2 aliphatic heterocycles. The lowest BCUT2D eigenvalue weighted by molar-refractivity contribution is -0.133. The van der Waals surface area contributed by atoms with Crippen LogP contribution in [0.15, 0.2) is 72.8 Å². The third-order valence-electron chi connectivity index (χ3n) is 8.32. The summed E-state index contributed by atoms with van der Waals surface area (Å²) in [6.45, 7) is 5.98. The quantitative estimate of drug-likeness (QED) is 0.393. The molecule has 1 N–H and O–H groups in total. The van der Waals surface area contributed by atoms with Gasteiger partial charge in [-0.25, -0.2) is 0 Å². The molecule has 0 aliphatic carbocycles. The number of rotatable bonds is 8. The van der Waals surface area contributed by atoms with Crippen LogP contribution >= 0.6 is 0 Å². The monoisotopic (exact) mass is 568 g/mol. The van der Waals surface area contributed by atoms with Crippen LogP contribution in [0.4, 0.5) is 11.4 Å². The Morgan fingerprint density at radius 2 is 1.50 bits per heavy atom. The van der Waals surface area contributed by atoms with Gasteiger partial charge in [0.25, 0.3) is 11.8 Å². The van der Waals surface area contributed by atoms with Crippen molar-refractivity contribution in [3.8, 4) is 5.75 Å². The second-order valence-corrected chi connectivity index (χ2v) is 11.0. The van der Waals surface area contributed by atoms with Crippen LogP contribution < -0.4 is 15.0 Å². The van der Waals surface area contributed by atoms with Crippen molar-refractivity contribution in [3.05, 3.63) is 89.5 Å². The van der Waals surface area contributed by atoms with Crippen molar-refractivity contribution in [2.75, 3.05) is 56.6 Å². The molecule has 8 heteroatoms. The van der Waals surface area contributed by atoms with Crippen molar-refractivity contribution in [2.24, 2.45) is 0 Å². The van der Waals surface area contributed by atoms with Gasteiger partial charge in [0.15, 0.2) is 0 Å². The van der Waals surface area contributed by atoms with E-state index < -0.39 is 0 Å². The number of anilines is 2. The fraction of sp³-hybridized carbons (Fsp3) is 0.382. The number of piperidine rings is 1. The number of amides is 3. The van der Waals surface area contributed by atoms with E-state index in [1.54, 1.807) is 37.4 Å². The van der Waals surface area contributed by atoms with Crippen LogP contribution in [0.3, 0.4) is 0 Å². The highest BCUT2D eigenvalue weighted by Gasteiger charge is 2.30. The lowest BCUT2D eigenvalue weighted by atomic mass is 9.94. The van der Waals surface area contributed by atoms with Gasteiger partial charge in [-0.1, -0.05) is 37.3 Å². The van der Waals surface area contributed by atoms with E-state index in [4.69, 9.17) is 4.74 Å². The maximum atomic E-state index is 13.8. The van der Waals surface area contributed by atoms with E-state index in [1.807, 2.05) is 52.3 Å². The minimum Gasteiger partial charge on any atom is -0.497 e. The Balaban J connectivity index is 1.33. The highest BCUT2D eigenvalue weighted by Crippen LogP contribution is 2.30. The first-order valence-electron chi connectivity index (χ1n) is 15.0. The van der Waals surface area contributed by atoms with Gasteiger partial charge in [0, 0.05) is 56.2 Å². The number of hydrogen-bond acceptors (Lipinski definition) is 5. The maximum Gasteiger partial charge on any atom is 0.256 e. The molecule has 220 valence electrons. The van der Waals surface area contributed by atoms with E-state index in [9.17, 15) is 14.4 Å². The largest absolute Gasteiger partial charge is 0.497 e. The van der Waals surface area contributed by atoms with Gasteiger partial charge in [0.2, 0.25) is 5.91 Å². The molecular formula is C34H40N4O4. The van der Waals surface area contributed by atoms with Gasteiger partial charge in [-0.05, 0) is 73.7 Å². The van der Waals surface area contributed by atoms with Crippen LogP contribution in [0, 0.1) is 0 Å². The molecular weight excluding hydrogens is 528 g/mol. The van der Waals surface area contributed by atoms with Crippen LogP contribution in [0.1, 0.15) is 64.8 Å². The normalized spacial score (nSPS) is 16.1. The summed E-state index contributed by atoms with van der Waals surface area (Å²) in [5.41, 5.74) is 3.55. The molecule has 3 aromatic carbocycles. The molecule has 0 aromatic heterocycles. The van der Waals surface area contributed by atoms with E-state index >= 15 is 0 Å². The molecule has 2 aliphatic rings. The van der Waals surface area contributed by atoms with Crippen molar-refractivity contribution in [1.82, 2.24) is 9.80 Å². The molecule has 0 unspecified atom stereocenters. The lowest BCUT2D eigenvalue weighted by Gasteiger charge is -2.38. The molecule has 0 bridgehead atoms. The van der Waals surface area contributed by atoms with Gasteiger partial charge < -0.3 is 24.8 Å².